The number of aromatic nitrogens is 1. The molecule has 0 atom stereocenters. The van der Waals surface area contributed by atoms with Crippen molar-refractivity contribution < 1.29 is 13.9 Å². The number of halogens is 1. The Hall–Kier alpha value is -2.51. The van der Waals surface area contributed by atoms with E-state index in [1.165, 1.54) is 23.5 Å². The van der Waals surface area contributed by atoms with Gasteiger partial charge in [0.25, 0.3) is 0 Å². The lowest BCUT2D eigenvalue weighted by molar-refractivity contribution is -0.118. The Kier molecular flexibility index (Phi) is 6.82. The van der Waals surface area contributed by atoms with Gasteiger partial charge in [-0.05, 0) is 63.3 Å². The molecule has 0 spiro atoms. The minimum Gasteiger partial charge on any atom is -0.494 e. The second-order valence-electron chi connectivity index (χ2n) is 7.26. The lowest BCUT2D eigenvalue weighted by atomic mass is 10.1. The van der Waals surface area contributed by atoms with E-state index in [1.54, 1.807) is 24.1 Å². The molecule has 3 rings (SSSR count). The van der Waals surface area contributed by atoms with Gasteiger partial charge in [-0.3, -0.25) is 9.69 Å². The number of hydrogen-bond acceptors (Lipinski definition) is 5. The molecule has 0 saturated carbocycles. The third kappa shape index (κ3) is 5.10. The SMILES string of the molecule is COc1ccc(C)c2sc(N(CCCN(C)C)C(=O)Cc3ccc(F)cc3)nc12. The second-order valence-corrected chi connectivity index (χ2v) is 8.24. The zero-order valence-corrected chi connectivity index (χ0v) is 18.1. The lowest BCUT2D eigenvalue weighted by Crippen LogP contribution is -2.34. The van der Waals surface area contributed by atoms with E-state index < -0.39 is 0 Å². The number of methoxy groups -OCH3 is 1. The van der Waals surface area contributed by atoms with Crippen molar-refractivity contribution in [3.8, 4) is 5.75 Å². The van der Waals surface area contributed by atoms with Crippen molar-refractivity contribution in [3.63, 3.8) is 0 Å². The van der Waals surface area contributed by atoms with E-state index in [0.717, 1.165) is 34.3 Å². The van der Waals surface area contributed by atoms with Gasteiger partial charge in [0, 0.05) is 6.54 Å². The summed E-state index contributed by atoms with van der Waals surface area (Å²) in [6, 6.07) is 9.96. The van der Waals surface area contributed by atoms with Gasteiger partial charge in [0.2, 0.25) is 5.91 Å². The number of anilines is 1. The van der Waals surface area contributed by atoms with Gasteiger partial charge in [0.05, 0.1) is 18.2 Å². The number of hydrogen-bond donors (Lipinski definition) is 0. The van der Waals surface area contributed by atoms with Crippen LogP contribution in [0.4, 0.5) is 9.52 Å². The average molecular weight is 416 g/mol. The number of amides is 1. The minimum atomic E-state index is -0.308. The van der Waals surface area contributed by atoms with Crippen LogP contribution in [0.3, 0.4) is 0 Å². The van der Waals surface area contributed by atoms with E-state index in [4.69, 9.17) is 9.72 Å². The van der Waals surface area contributed by atoms with Crippen LogP contribution in [0.25, 0.3) is 10.2 Å². The third-order valence-corrected chi connectivity index (χ3v) is 5.91. The monoisotopic (exact) mass is 415 g/mol. The number of ether oxygens (including phenoxy) is 1. The molecule has 0 fully saturated rings. The van der Waals surface area contributed by atoms with Crippen LogP contribution < -0.4 is 9.64 Å². The van der Waals surface area contributed by atoms with Crippen molar-refractivity contribution in [1.82, 2.24) is 9.88 Å². The molecular formula is C22H26FN3O2S. The minimum absolute atomic E-state index is 0.0500. The second kappa shape index (κ2) is 9.33. The fraction of sp³-hybridized carbons (Fsp3) is 0.364. The summed E-state index contributed by atoms with van der Waals surface area (Å²) in [5, 5.41) is 0.665. The Morgan fingerprint density at radius 2 is 1.86 bits per heavy atom. The number of nitrogens with zero attached hydrogens (tertiary/aromatic N) is 3. The highest BCUT2D eigenvalue weighted by Gasteiger charge is 2.21. The summed E-state index contributed by atoms with van der Waals surface area (Å²) in [6.45, 7) is 3.47. The first-order valence-corrected chi connectivity index (χ1v) is 10.3. The van der Waals surface area contributed by atoms with Crippen molar-refractivity contribution in [3.05, 3.63) is 53.3 Å². The molecule has 7 heteroatoms. The van der Waals surface area contributed by atoms with E-state index in [1.807, 2.05) is 33.2 Å². The van der Waals surface area contributed by atoms with E-state index in [0.29, 0.717) is 17.4 Å². The summed E-state index contributed by atoms with van der Waals surface area (Å²) in [5.41, 5.74) is 2.66. The number of carbonyl (C=O) groups excluding carboxylic acids is 1. The summed E-state index contributed by atoms with van der Waals surface area (Å²) >= 11 is 1.50. The topological polar surface area (TPSA) is 45.7 Å². The normalized spacial score (nSPS) is 11.2. The highest BCUT2D eigenvalue weighted by Crippen LogP contribution is 2.36. The smallest absolute Gasteiger partial charge is 0.233 e. The maximum absolute atomic E-state index is 13.2. The van der Waals surface area contributed by atoms with Crippen molar-refractivity contribution in [1.29, 1.82) is 0 Å². The Bertz CT molecular complexity index is 986. The van der Waals surface area contributed by atoms with Crippen LogP contribution >= 0.6 is 11.3 Å². The van der Waals surface area contributed by atoms with Gasteiger partial charge in [-0.1, -0.05) is 29.5 Å². The summed E-state index contributed by atoms with van der Waals surface area (Å²) < 4.78 is 19.7. The fourth-order valence-electron chi connectivity index (χ4n) is 3.12. The van der Waals surface area contributed by atoms with E-state index in [2.05, 4.69) is 4.90 Å². The van der Waals surface area contributed by atoms with E-state index in [-0.39, 0.29) is 18.1 Å². The molecule has 3 aromatic rings. The number of thiazole rings is 1. The standard InChI is InChI=1S/C22H26FN3O2S/c1-15-6-11-18(28-4)20-21(15)29-22(24-20)26(13-5-12-25(2)3)19(27)14-16-7-9-17(23)10-8-16/h6-11H,5,12-14H2,1-4H3. The summed E-state index contributed by atoms with van der Waals surface area (Å²) in [7, 11) is 5.64. The van der Waals surface area contributed by atoms with Crippen LogP contribution in [-0.4, -0.2) is 50.1 Å². The largest absolute Gasteiger partial charge is 0.494 e. The Balaban J connectivity index is 1.92. The molecule has 154 valence electrons. The van der Waals surface area contributed by atoms with Crippen LogP contribution in [0.5, 0.6) is 5.75 Å². The molecule has 0 aliphatic carbocycles. The number of benzene rings is 2. The summed E-state index contributed by atoms with van der Waals surface area (Å²) in [5.74, 6) is 0.344. The predicted octanol–water partition coefficient (Wildman–Crippen LogP) is 4.28. The van der Waals surface area contributed by atoms with Crippen LogP contribution in [0.2, 0.25) is 0 Å². The maximum Gasteiger partial charge on any atom is 0.233 e. The number of carbonyl (C=O) groups is 1. The molecule has 1 aromatic heterocycles. The molecule has 1 heterocycles. The molecule has 0 saturated heterocycles. The molecular weight excluding hydrogens is 389 g/mol. The van der Waals surface area contributed by atoms with Crippen LogP contribution in [0.1, 0.15) is 17.5 Å². The molecule has 0 bridgehead atoms. The van der Waals surface area contributed by atoms with Gasteiger partial charge >= 0.3 is 0 Å². The molecule has 0 aliphatic heterocycles. The van der Waals surface area contributed by atoms with Crippen LogP contribution in [-0.2, 0) is 11.2 Å². The van der Waals surface area contributed by atoms with Gasteiger partial charge in [-0.25, -0.2) is 9.37 Å². The molecule has 5 nitrogen and oxygen atoms in total. The van der Waals surface area contributed by atoms with Crippen molar-refractivity contribution in [2.24, 2.45) is 0 Å². The first-order chi connectivity index (χ1) is 13.9. The Morgan fingerprint density at radius 3 is 2.52 bits per heavy atom. The number of rotatable bonds is 8. The molecule has 0 radical (unpaired) electrons. The van der Waals surface area contributed by atoms with Gasteiger partial charge in [-0.2, -0.15) is 0 Å². The third-order valence-electron chi connectivity index (χ3n) is 4.70. The molecule has 0 aliphatic rings. The molecule has 29 heavy (non-hydrogen) atoms. The van der Waals surface area contributed by atoms with Gasteiger partial charge < -0.3 is 9.64 Å². The van der Waals surface area contributed by atoms with Crippen molar-refractivity contribution in [2.75, 3.05) is 39.2 Å². The van der Waals surface area contributed by atoms with E-state index in [9.17, 15) is 9.18 Å². The average Bonchev–Trinajstić information content (AvgIpc) is 3.13. The molecule has 2 aromatic carbocycles. The van der Waals surface area contributed by atoms with Gasteiger partial charge in [0.15, 0.2) is 5.13 Å². The Morgan fingerprint density at radius 1 is 1.14 bits per heavy atom. The quantitative estimate of drug-likeness (QED) is 0.551. The number of aryl methyl sites for hydroxylation is 1. The van der Waals surface area contributed by atoms with Crippen molar-refractivity contribution >= 4 is 32.6 Å². The van der Waals surface area contributed by atoms with Crippen LogP contribution in [0.15, 0.2) is 36.4 Å². The van der Waals surface area contributed by atoms with Gasteiger partial charge in [0.1, 0.15) is 17.1 Å². The highest BCUT2D eigenvalue weighted by molar-refractivity contribution is 7.22. The predicted molar refractivity (Wildman–Crippen MR) is 117 cm³/mol. The zero-order valence-electron chi connectivity index (χ0n) is 17.2. The zero-order chi connectivity index (χ0) is 21.0. The first kappa shape index (κ1) is 21.2. The fourth-order valence-corrected chi connectivity index (χ4v) is 4.22. The summed E-state index contributed by atoms with van der Waals surface area (Å²) in [6.07, 6.45) is 1.03. The van der Waals surface area contributed by atoms with Crippen LogP contribution in [0, 0.1) is 12.7 Å². The Labute approximate surface area is 174 Å². The molecule has 0 N–H and O–H groups in total. The molecule has 1 amide bonds. The number of fused-ring (bicyclic) bond motifs is 1. The van der Waals surface area contributed by atoms with Crippen molar-refractivity contribution in [2.45, 2.75) is 19.8 Å². The van der Waals surface area contributed by atoms with Gasteiger partial charge in [-0.15, -0.1) is 0 Å². The van der Waals surface area contributed by atoms with E-state index >= 15 is 0 Å². The lowest BCUT2D eigenvalue weighted by Gasteiger charge is -2.21. The summed E-state index contributed by atoms with van der Waals surface area (Å²) in [4.78, 5) is 21.7. The highest BCUT2D eigenvalue weighted by atomic mass is 32.1. The first-order valence-electron chi connectivity index (χ1n) is 9.52. The molecule has 0 unspecified atom stereocenters. The maximum atomic E-state index is 13.2.